The molecule has 0 spiro atoms. The molecule has 0 aliphatic heterocycles. The smallest absolute Gasteiger partial charge is 0.310 e. The third-order valence-electron chi connectivity index (χ3n) is 2.91. The average Bonchev–Trinajstić information content (AvgIpc) is 2.43. The van der Waals surface area contributed by atoms with Gasteiger partial charge in [-0.1, -0.05) is 24.3 Å². The summed E-state index contributed by atoms with van der Waals surface area (Å²) in [7, 11) is 1.37. The van der Waals surface area contributed by atoms with Gasteiger partial charge in [0, 0.05) is 13.1 Å². The van der Waals surface area contributed by atoms with Gasteiger partial charge in [0.25, 0.3) is 0 Å². The van der Waals surface area contributed by atoms with Gasteiger partial charge in [-0.25, -0.2) is 0 Å². The molecule has 1 unspecified atom stereocenters. The first-order valence-corrected chi connectivity index (χ1v) is 6.13. The minimum Gasteiger partial charge on any atom is -0.481 e. The fourth-order valence-electron chi connectivity index (χ4n) is 1.59. The van der Waals surface area contributed by atoms with E-state index < -0.39 is 11.9 Å². The van der Waals surface area contributed by atoms with E-state index in [1.807, 2.05) is 24.3 Å². The average molecular weight is 265 g/mol. The van der Waals surface area contributed by atoms with E-state index in [1.54, 1.807) is 6.92 Å². The van der Waals surface area contributed by atoms with Crippen molar-refractivity contribution in [1.29, 1.82) is 0 Å². The van der Waals surface area contributed by atoms with Crippen LogP contribution in [0.5, 0.6) is 0 Å². The Bertz CT molecular complexity index is 428. The number of carboxylic acid groups (broad SMARTS) is 1. The molecule has 0 fully saturated rings. The van der Waals surface area contributed by atoms with E-state index in [0.29, 0.717) is 19.5 Å². The topological polar surface area (TPSA) is 75.6 Å². The van der Waals surface area contributed by atoms with E-state index in [1.165, 1.54) is 7.11 Å². The van der Waals surface area contributed by atoms with Crippen molar-refractivity contribution in [3.8, 4) is 0 Å². The molecule has 1 aromatic rings. The predicted octanol–water partition coefficient (Wildman–Crippen LogP) is 1.53. The van der Waals surface area contributed by atoms with Crippen LogP contribution in [0.4, 0.5) is 0 Å². The Morgan fingerprint density at radius 1 is 1.32 bits per heavy atom. The van der Waals surface area contributed by atoms with Crippen LogP contribution >= 0.6 is 0 Å². The highest BCUT2D eigenvalue weighted by atomic mass is 16.5. The molecule has 19 heavy (non-hydrogen) atoms. The number of hydrogen-bond donors (Lipinski definition) is 2. The van der Waals surface area contributed by atoms with Gasteiger partial charge in [-0.3, -0.25) is 9.59 Å². The van der Waals surface area contributed by atoms with Gasteiger partial charge in [0.2, 0.25) is 0 Å². The number of aliphatic carboxylic acids is 1. The number of methoxy groups -OCH3 is 1. The van der Waals surface area contributed by atoms with Crippen LogP contribution in [0, 0.1) is 0 Å². The molecule has 5 nitrogen and oxygen atoms in total. The molecule has 0 aliphatic carbocycles. The molecule has 0 bridgehead atoms. The van der Waals surface area contributed by atoms with Gasteiger partial charge in [0.05, 0.1) is 19.4 Å². The Labute approximate surface area is 112 Å². The fraction of sp³-hybridized carbons (Fsp3) is 0.429. The quantitative estimate of drug-likeness (QED) is 0.577. The Morgan fingerprint density at radius 3 is 2.47 bits per heavy atom. The summed E-state index contributed by atoms with van der Waals surface area (Å²) < 4.78 is 4.53. The lowest BCUT2D eigenvalue weighted by atomic mass is 10.0. The number of rotatable bonds is 7. The summed E-state index contributed by atoms with van der Waals surface area (Å²) >= 11 is 0. The van der Waals surface area contributed by atoms with E-state index in [9.17, 15) is 9.59 Å². The van der Waals surface area contributed by atoms with E-state index in [4.69, 9.17) is 5.11 Å². The van der Waals surface area contributed by atoms with Gasteiger partial charge >= 0.3 is 11.9 Å². The molecule has 0 radical (unpaired) electrons. The van der Waals surface area contributed by atoms with Crippen molar-refractivity contribution in [1.82, 2.24) is 5.32 Å². The molecule has 1 atom stereocenters. The summed E-state index contributed by atoms with van der Waals surface area (Å²) in [5.74, 6) is -1.57. The van der Waals surface area contributed by atoms with Crippen molar-refractivity contribution < 1.29 is 19.4 Å². The van der Waals surface area contributed by atoms with Crippen LogP contribution < -0.4 is 5.32 Å². The first-order chi connectivity index (χ1) is 9.04. The van der Waals surface area contributed by atoms with Crippen molar-refractivity contribution in [2.45, 2.75) is 25.8 Å². The summed E-state index contributed by atoms with van der Waals surface area (Å²) in [6.45, 7) is 2.85. The number of carbonyl (C=O) groups is 2. The second-order valence-corrected chi connectivity index (χ2v) is 4.30. The van der Waals surface area contributed by atoms with Crippen LogP contribution in [-0.4, -0.2) is 30.7 Å². The minimum absolute atomic E-state index is 0.238. The third kappa shape index (κ3) is 5.09. The van der Waals surface area contributed by atoms with Crippen LogP contribution in [0.25, 0.3) is 0 Å². The minimum atomic E-state index is -0.830. The highest BCUT2D eigenvalue weighted by Gasteiger charge is 2.12. The predicted molar refractivity (Wildman–Crippen MR) is 70.8 cm³/mol. The summed E-state index contributed by atoms with van der Waals surface area (Å²) in [6.07, 6.45) is 0.338. The maximum Gasteiger partial charge on any atom is 0.310 e. The first-order valence-electron chi connectivity index (χ1n) is 6.13. The van der Waals surface area contributed by atoms with Gasteiger partial charge in [-0.2, -0.15) is 0 Å². The molecule has 104 valence electrons. The van der Waals surface area contributed by atoms with Gasteiger partial charge < -0.3 is 15.2 Å². The van der Waals surface area contributed by atoms with Crippen LogP contribution in [-0.2, 0) is 20.9 Å². The zero-order chi connectivity index (χ0) is 14.3. The van der Waals surface area contributed by atoms with Crippen LogP contribution in [0.2, 0.25) is 0 Å². The lowest BCUT2D eigenvalue weighted by Gasteiger charge is -2.08. The zero-order valence-electron chi connectivity index (χ0n) is 11.2. The molecule has 0 aliphatic rings. The molecule has 0 amide bonds. The van der Waals surface area contributed by atoms with Gasteiger partial charge in [-0.05, 0) is 18.1 Å². The highest BCUT2D eigenvalue weighted by Crippen LogP contribution is 2.15. The number of benzene rings is 1. The molecule has 0 aromatic heterocycles. The fourth-order valence-corrected chi connectivity index (χ4v) is 1.59. The molecule has 0 heterocycles. The van der Waals surface area contributed by atoms with Crippen molar-refractivity contribution in [2.75, 3.05) is 13.7 Å². The van der Waals surface area contributed by atoms with Crippen LogP contribution in [0.15, 0.2) is 24.3 Å². The van der Waals surface area contributed by atoms with Gasteiger partial charge in [0.15, 0.2) is 0 Å². The number of esters is 1. The summed E-state index contributed by atoms with van der Waals surface area (Å²) in [4.78, 5) is 21.7. The first kappa shape index (κ1) is 15.2. The number of carboxylic acids is 1. The molecule has 1 aromatic carbocycles. The summed E-state index contributed by atoms with van der Waals surface area (Å²) in [6, 6.07) is 7.41. The largest absolute Gasteiger partial charge is 0.481 e. The summed E-state index contributed by atoms with van der Waals surface area (Å²) in [5.41, 5.74) is 1.83. The number of carbonyl (C=O) groups excluding carboxylic acids is 1. The van der Waals surface area contributed by atoms with Crippen molar-refractivity contribution in [3.63, 3.8) is 0 Å². The zero-order valence-corrected chi connectivity index (χ0v) is 11.2. The second kappa shape index (κ2) is 7.53. The molecule has 2 N–H and O–H groups in total. The Hall–Kier alpha value is -1.88. The third-order valence-corrected chi connectivity index (χ3v) is 2.91. The lowest BCUT2D eigenvalue weighted by Crippen LogP contribution is -2.18. The number of ether oxygens (including phenoxy) is 1. The molecule has 1 rings (SSSR count). The van der Waals surface area contributed by atoms with Crippen molar-refractivity contribution in [2.24, 2.45) is 0 Å². The monoisotopic (exact) mass is 265 g/mol. The molecule has 0 saturated heterocycles. The second-order valence-electron chi connectivity index (χ2n) is 4.30. The maximum absolute atomic E-state index is 10.9. The number of nitrogens with one attached hydrogen (secondary N) is 1. The highest BCUT2D eigenvalue weighted by molar-refractivity contribution is 5.75. The molecule has 0 saturated carbocycles. The van der Waals surface area contributed by atoms with Crippen molar-refractivity contribution >= 4 is 11.9 Å². The van der Waals surface area contributed by atoms with Crippen LogP contribution in [0.3, 0.4) is 0 Å². The Balaban J connectivity index is 2.40. The SMILES string of the molecule is COC(=O)CCNCc1ccc(C(C)C(=O)O)cc1. The number of hydrogen-bond acceptors (Lipinski definition) is 4. The van der Waals surface area contributed by atoms with E-state index in [0.717, 1.165) is 11.1 Å². The molecular weight excluding hydrogens is 246 g/mol. The van der Waals surface area contributed by atoms with E-state index >= 15 is 0 Å². The Morgan fingerprint density at radius 2 is 1.95 bits per heavy atom. The Kier molecular flexibility index (Phi) is 6.02. The van der Waals surface area contributed by atoms with E-state index in [-0.39, 0.29) is 5.97 Å². The standard InChI is InChI=1S/C14H19NO4/c1-10(14(17)18)12-5-3-11(4-6-12)9-15-8-7-13(16)19-2/h3-6,10,15H,7-9H2,1-2H3,(H,17,18). The molecule has 5 heteroatoms. The van der Waals surface area contributed by atoms with E-state index in [2.05, 4.69) is 10.1 Å². The van der Waals surface area contributed by atoms with Gasteiger partial charge in [0.1, 0.15) is 0 Å². The normalized spacial score (nSPS) is 11.9. The lowest BCUT2D eigenvalue weighted by molar-refractivity contribution is -0.140. The van der Waals surface area contributed by atoms with Crippen LogP contribution in [0.1, 0.15) is 30.4 Å². The summed E-state index contributed by atoms with van der Waals surface area (Å²) in [5, 5.41) is 12.0. The van der Waals surface area contributed by atoms with Crippen molar-refractivity contribution in [3.05, 3.63) is 35.4 Å². The van der Waals surface area contributed by atoms with Gasteiger partial charge in [-0.15, -0.1) is 0 Å². The molecular formula is C14H19NO4. The maximum atomic E-state index is 10.9.